The van der Waals surface area contributed by atoms with Crippen LogP contribution in [0.4, 0.5) is 0 Å². The lowest BCUT2D eigenvalue weighted by Gasteiger charge is -2.13. The lowest BCUT2D eigenvalue weighted by atomic mass is 10.3. The number of nitrogens with two attached hydrogens (primary N) is 1. The molecule has 0 amide bonds. The Hall–Kier alpha value is -1.09. The Morgan fingerprint density at radius 1 is 1.50 bits per heavy atom. The van der Waals surface area contributed by atoms with E-state index >= 15 is 0 Å². The van der Waals surface area contributed by atoms with Gasteiger partial charge in [-0.2, -0.15) is 0 Å². The fraction of sp³-hybridized carbons (Fsp3) is 0.545. The van der Waals surface area contributed by atoms with Crippen molar-refractivity contribution in [2.45, 2.75) is 38.3 Å². The van der Waals surface area contributed by atoms with Crippen molar-refractivity contribution in [3.05, 3.63) is 24.0 Å². The number of ether oxygens (including phenoxy) is 1. The number of hydrogen-bond donors (Lipinski definition) is 1. The van der Waals surface area contributed by atoms with Gasteiger partial charge in [0.05, 0.1) is 0 Å². The Morgan fingerprint density at radius 3 is 3.00 bits per heavy atom. The van der Waals surface area contributed by atoms with Gasteiger partial charge in [-0.3, -0.25) is 4.98 Å². The normalized spacial score (nSPS) is 26.4. The van der Waals surface area contributed by atoms with Gasteiger partial charge in [-0.05, 0) is 32.3 Å². The molecule has 2 atom stereocenters. The monoisotopic (exact) mass is 192 g/mol. The lowest BCUT2D eigenvalue weighted by Crippen LogP contribution is -2.19. The fourth-order valence-corrected chi connectivity index (χ4v) is 1.87. The van der Waals surface area contributed by atoms with Crippen molar-refractivity contribution in [3.8, 4) is 5.75 Å². The van der Waals surface area contributed by atoms with E-state index in [1.54, 1.807) is 6.20 Å². The van der Waals surface area contributed by atoms with Crippen LogP contribution in [0.3, 0.4) is 0 Å². The van der Waals surface area contributed by atoms with E-state index in [0.717, 1.165) is 30.7 Å². The average molecular weight is 192 g/mol. The molecule has 0 aliphatic heterocycles. The van der Waals surface area contributed by atoms with Crippen LogP contribution < -0.4 is 10.5 Å². The van der Waals surface area contributed by atoms with Gasteiger partial charge in [-0.1, -0.05) is 0 Å². The van der Waals surface area contributed by atoms with Crippen molar-refractivity contribution < 1.29 is 4.74 Å². The van der Waals surface area contributed by atoms with E-state index in [0.29, 0.717) is 12.1 Å². The molecule has 76 valence electrons. The summed E-state index contributed by atoms with van der Waals surface area (Å²) in [5.74, 6) is 0.914. The Labute approximate surface area is 84.3 Å². The molecular formula is C11H16N2O. The summed E-state index contributed by atoms with van der Waals surface area (Å²) >= 11 is 0. The molecule has 2 N–H and O–H groups in total. The van der Waals surface area contributed by atoms with Crippen LogP contribution in [0.15, 0.2) is 18.3 Å². The first-order valence-corrected chi connectivity index (χ1v) is 5.09. The van der Waals surface area contributed by atoms with Crippen LogP contribution in [0.1, 0.15) is 25.0 Å². The molecule has 1 aromatic rings. The van der Waals surface area contributed by atoms with Crippen molar-refractivity contribution in [1.29, 1.82) is 0 Å². The SMILES string of the molecule is Cc1cc(OC2CCC(N)C2)ccn1. The molecule has 1 fully saturated rings. The van der Waals surface area contributed by atoms with E-state index in [4.69, 9.17) is 10.5 Å². The Bertz CT molecular complexity index is 314. The van der Waals surface area contributed by atoms with Crippen LogP contribution in [0, 0.1) is 6.92 Å². The van der Waals surface area contributed by atoms with Crippen LogP contribution in [-0.4, -0.2) is 17.1 Å². The highest BCUT2D eigenvalue weighted by molar-refractivity contribution is 5.22. The van der Waals surface area contributed by atoms with Gasteiger partial charge in [0, 0.05) is 24.0 Å². The number of rotatable bonds is 2. The first kappa shape index (κ1) is 9.46. The highest BCUT2D eigenvalue weighted by atomic mass is 16.5. The Kier molecular flexibility index (Phi) is 2.68. The van der Waals surface area contributed by atoms with Gasteiger partial charge in [0.15, 0.2) is 0 Å². The molecule has 0 spiro atoms. The summed E-state index contributed by atoms with van der Waals surface area (Å²) in [6.07, 6.45) is 5.20. The average Bonchev–Trinajstić information content (AvgIpc) is 2.51. The highest BCUT2D eigenvalue weighted by Gasteiger charge is 2.22. The number of pyridine rings is 1. The molecule has 0 aromatic carbocycles. The summed E-state index contributed by atoms with van der Waals surface area (Å²) in [6, 6.07) is 4.18. The highest BCUT2D eigenvalue weighted by Crippen LogP contribution is 2.23. The quantitative estimate of drug-likeness (QED) is 0.775. The van der Waals surface area contributed by atoms with E-state index in [-0.39, 0.29) is 0 Å². The molecule has 1 aliphatic rings. The maximum atomic E-state index is 5.82. The summed E-state index contributed by atoms with van der Waals surface area (Å²) in [6.45, 7) is 1.97. The van der Waals surface area contributed by atoms with E-state index in [2.05, 4.69) is 4.98 Å². The van der Waals surface area contributed by atoms with Crippen molar-refractivity contribution in [2.75, 3.05) is 0 Å². The van der Waals surface area contributed by atoms with Crippen molar-refractivity contribution in [3.63, 3.8) is 0 Å². The van der Waals surface area contributed by atoms with E-state index < -0.39 is 0 Å². The second-order valence-electron chi connectivity index (χ2n) is 3.95. The first-order chi connectivity index (χ1) is 6.74. The zero-order valence-corrected chi connectivity index (χ0v) is 8.44. The molecule has 1 aromatic heterocycles. The molecule has 2 unspecified atom stereocenters. The second kappa shape index (κ2) is 3.96. The molecule has 1 aliphatic carbocycles. The first-order valence-electron chi connectivity index (χ1n) is 5.09. The number of aromatic nitrogens is 1. The molecule has 14 heavy (non-hydrogen) atoms. The predicted molar refractivity (Wildman–Crippen MR) is 55.2 cm³/mol. The Morgan fingerprint density at radius 2 is 2.36 bits per heavy atom. The fourth-order valence-electron chi connectivity index (χ4n) is 1.87. The largest absolute Gasteiger partial charge is 0.490 e. The molecule has 0 bridgehead atoms. The lowest BCUT2D eigenvalue weighted by molar-refractivity contribution is 0.208. The van der Waals surface area contributed by atoms with Gasteiger partial charge in [0.25, 0.3) is 0 Å². The van der Waals surface area contributed by atoms with E-state index in [1.165, 1.54) is 0 Å². The third-order valence-electron chi connectivity index (χ3n) is 2.60. The number of nitrogens with zero attached hydrogens (tertiary/aromatic N) is 1. The van der Waals surface area contributed by atoms with Crippen molar-refractivity contribution >= 4 is 0 Å². The van der Waals surface area contributed by atoms with Crippen molar-refractivity contribution in [2.24, 2.45) is 5.73 Å². The van der Waals surface area contributed by atoms with Crippen molar-refractivity contribution in [1.82, 2.24) is 4.98 Å². The molecule has 1 saturated carbocycles. The van der Waals surface area contributed by atoms with Crippen LogP contribution in [0.5, 0.6) is 5.75 Å². The zero-order valence-electron chi connectivity index (χ0n) is 8.44. The summed E-state index contributed by atoms with van der Waals surface area (Å²) in [5, 5.41) is 0. The number of hydrogen-bond acceptors (Lipinski definition) is 3. The maximum absolute atomic E-state index is 5.82. The van der Waals surface area contributed by atoms with Crippen LogP contribution in [-0.2, 0) is 0 Å². The Balaban J connectivity index is 1.97. The standard InChI is InChI=1S/C11H16N2O/c1-8-6-11(4-5-13-8)14-10-3-2-9(12)7-10/h4-6,9-10H,2-3,7,12H2,1H3. The van der Waals surface area contributed by atoms with Gasteiger partial charge in [0.1, 0.15) is 11.9 Å². The summed E-state index contributed by atoms with van der Waals surface area (Å²) < 4.78 is 5.81. The summed E-state index contributed by atoms with van der Waals surface area (Å²) in [7, 11) is 0. The summed E-state index contributed by atoms with van der Waals surface area (Å²) in [5.41, 5.74) is 6.81. The molecule has 1 heterocycles. The minimum absolute atomic E-state index is 0.298. The van der Waals surface area contributed by atoms with Crippen LogP contribution in [0.2, 0.25) is 0 Å². The molecule has 0 saturated heterocycles. The molecule has 3 heteroatoms. The van der Waals surface area contributed by atoms with Gasteiger partial charge in [-0.25, -0.2) is 0 Å². The molecule has 3 nitrogen and oxygen atoms in total. The van der Waals surface area contributed by atoms with E-state index in [1.807, 2.05) is 19.1 Å². The predicted octanol–water partition coefficient (Wildman–Crippen LogP) is 1.65. The summed E-state index contributed by atoms with van der Waals surface area (Å²) in [4.78, 5) is 4.12. The smallest absolute Gasteiger partial charge is 0.123 e. The minimum Gasteiger partial charge on any atom is -0.490 e. The minimum atomic E-state index is 0.298. The van der Waals surface area contributed by atoms with Crippen LogP contribution >= 0.6 is 0 Å². The zero-order chi connectivity index (χ0) is 9.97. The number of aryl methyl sites for hydroxylation is 1. The van der Waals surface area contributed by atoms with E-state index in [9.17, 15) is 0 Å². The molecular weight excluding hydrogens is 176 g/mol. The third kappa shape index (κ3) is 2.23. The third-order valence-corrected chi connectivity index (χ3v) is 2.60. The molecule has 2 rings (SSSR count). The molecule has 0 radical (unpaired) electrons. The van der Waals surface area contributed by atoms with Gasteiger partial charge < -0.3 is 10.5 Å². The topological polar surface area (TPSA) is 48.1 Å². The van der Waals surface area contributed by atoms with Gasteiger partial charge in [0.2, 0.25) is 0 Å². The van der Waals surface area contributed by atoms with Gasteiger partial charge >= 0.3 is 0 Å². The maximum Gasteiger partial charge on any atom is 0.123 e. The van der Waals surface area contributed by atoms with Crippen LogP contribution in [0.25, 0.3) is 0 Å². The second-order valence-corrected chi connectivity index (χ2v) is 3.95. The van der Waals surface area contributed by atoms with Gasteiger partial charge in [-0.15, -0.1) is 0 Å².